The van der Waals surface area contributed by atoms with Crippen LogP contribution >= 0.6 is 11.3 Å². The lowest BCUT2D eigenvalue weighted by atomic mass is 10.1. The monoisotopic (exact) mass is 553 g/mol. The van der Waals surface area contributed by atoms with Gasteiger partial charge in [-0.15, -0.1) is 11.3 Å². The molecule has 3 amide bonds. The fourth-order valence-corrected chi connectivity index (χ4v) is 5.09. The summed E-state index contributed by atoms with van der Waals surface area (Å²) in [6.07, 6.45) is 1.26. The molecule has 0 aliphatic carbocycles. The van der Waals surface area contributed by atoms with Gasteiger partial charge in [0.1, 0.15) is 6.54 Å². The number of ether oxygens (including phenoxy) is 3. The number of hydrogen-bond acceptors (Lipinski definition) is 6. The standard InChI is InChI=1S/C30H39N3O5S/c1-22-8-6-9-25(18-22)31-30(35)33(14-7-16-36-3)21-29(34)32(20-28-23(2)13-17-39-28)15-12-24-10-11-26(37-4)27(19-24)38-5/h6,8-11,13,17-19H,7,12,14-16,20-21H2,1-5H3,(H,31,35). The van der Waals surface area contributed by atoms with E-state index < -0.39 is 0 Å². The second kappa shape index (κ2) is 15.1. The number of rotatable bonds is 14. The summed E-state index contributed by atoms with van der Waals surface area (Å²) in [5, 5.41) is 4.98. The van der Waals surface area contributed by atoms with Crippen LogP contribution in [0.15, 0.2) is 53.9 Å². The van der Waals surface area contributed by atoms with E-state index in [1.165, 1.54) is 0 Å². The van der Waals surface area contributed by atoms with Gasteiger partial charge in [0.15, 0.2) is 11.5 Å². The van der Waals surface area contributed by atoms with Gasteiger partial charge in [0.25, 0.3) is 0 Å². The normalized spacial score (nSPS) is 10.7. The lowest BCUT2D eigenvalue weighted by Gasteiger charge is -2.28. The van der Waals surface area contributed by atoms with E-state index in [0.29, 0.717) is 56.3 Å². The molecule has 1 aromatic heterocycles. The van der Waals surface area contributed by atoms with Crippen LogP contribution in [0.2, 0.25) is 0 Å². The highest BCUT2D eigenvalue weighted by molar-refractivity contribution is 7.10. The molecule has 0 saturated heterocycles. The van der Waals surface area contributed by atoms with Crippen molar-refractivity contribution in [3.63, 3.8) is 0 Å². The molecule has 3 rings (SSSR count). The Bertz CT molecular complexity index is 1230. The van der Waals surface area contributed by atoms with Crippen molar-refractivity contribution >= 4 is 29.0 Å². The molecule has 0 saturated carbocycles. The number of methoxy groups -OCH3 is 3. The third kappa shape index (κ3) is 9.01. The van der Waals surface area contributed by atoms with Crippen LogP contribution in [0.3, 0.4) is 0 Å². The molecule has 0 bridgehead atoms. The molecule has 8 nitrogen and oxygen atoms in total. The van der Waals surface area contributed by atoms with Gasteiger partial charge in [0.2, 0.25) is 5.91 Å². The first-order valence-corrected chi connectivity index (χ1v) is 13.9. The first-order valence-electron chi connectivity index (χ1n) is 13.0. The Balaban J connectivity index is 1.77. The number of carbonyl (C=O) groups is 2. The summed E-state index contributed by atoms with van der Waals surface area (Å²) in [6.45, 7) is 5.88. The van der Waals surface area contributed by atoms with Crippen LogP contribution in [-0.2, 0) is 22.5 Å². The van der Waals surface area contributed by atoms with E-state index >= 15 is 0 Å². The third-order valence-corrected chi connectivity index (χ3v) is 7.44. The minimum absolute atomic E-state index is 0.0300. The van der Waals surface area contributed by atoms with Gasteiger partial charge < -0.3 is 29.3 Å². The van der Waals surface area contributed by atoms with Gasteiger partial charge in [-0.1, -0.05) is 18.2 Å². The molecule has 0 atom stereocenters. The number of anilines is 1. The topological polar surface area (TPSA) is 80.3 Å². The largest absolute Gasteiger partial charge is 0.493 e. The van der Waals surface area contributed by atoms with Crippen molar-refractivity contribution in [2.24, 2.45) is 0 Å². The summed E-state index contributed by atoms with van der Waals surface area (Å²) in [5.74, 6) is 1.20. The predicted molar refractivity (Wildman–Crippen MR) is 156 cm³/mol. The van der Waals surface area contributed by atoms with Crippen molar-refractivity contribution in [1.29, 1.82) is 0 Å². The average molecular weight is 554 g/mol. The van der Waals surface area contributed by atoms with E-state index in [1.54, 1.807) is 37.6 Å². The summed E-state index contributed by atoms with van der Waals surface area (Å²) >= 11 is 1.63. The van der Waals surface area contributed by atoms with Crippen LogP contribution in [0.4, 0.5) is 10.5 Å². The number of aryl methyl sites for hydroxylation is 2. The highest BCUT2D eigenvalue weighted by atomic mass is 32.1. The molecule has 9 heteroatoms. The SMILES string of the molecule is COCCCN(CC(=O)N(CCc1ccc(OC)c(OC)c1)Cc1sccc1C)C(=O)Nc1cccc(C)c1. The highest BCUT2D eigenvalue weighted by Gasteiger charge is 2.23. The number of carbonyl (C=O) groups excluding carboxylic acids is 2. The fraction of sp³-hybridized carbons (Fsp3) is 0.400. The summed E-state index contributed by atoms with van der Waals surface area (Å²) in [5.41, 5.74) is 3.92. The zero-order chi connectivity index (χ0) is 28.2. The van der Waals surface area contributed by atoms with Crippen molar-refractivity contribution < 1.29 is 23.8 Å². The third-order valence-electron chi connectivity index (χ3n) is 6.43. The van der Waals surface area contributed by atoms with Crippen LogP contribution in [0.25, 0.3) is 0 Å². The predicted octanol–water partition coefficient (Wildman–Crippen LogP) is 5.52. The number of nitrogens with zero attached hydrogens (tertiary/aromatic N) is 2. The molecule has 39 heavy (non-hydrogen) atoms. The Labute approximate surface area is 235 Å². The second-order valence-corrected chi connectivity index (χ2v) is 10.3. The Kier molecular flexibility index (Phi) is 11.6. The van der Waals surface area contributed by atoms with E-state index in [2.05, 4.69) is 18.3 Å². The molecule has 0 unspecified atom stereocenters. The van der Waals surface area contributed by atoms with E-state index in [9.17, 15) is 9.59 Å². The molecule has 210 valence electrons. The molecule has 0 fully saturated rings. The maximum atomic E-state index is 13.7. The molecule has 2 aromatic carbocycles. The second-order valence-electron chi connectivity index (χ2n) is 9.35. The number of urea groups is 1. The van der Waals surface area contributed by atoms with Gasteiger partial charge >= 0.3 is 6.03 Å². The van der Waals surface area contributed by atoms with Crippen LogP contribution in [0.5, 0.6) is 11.5 Å². The lowest BCUT2D eigenvalue weighted by molar-refractivity contribution is -0.132. The van der Waals surface area contributed by atoms with E-state index in [0.717, 1.165) is 21.6 Å². The summed E-state index contributed by atoms with van der Waals surface area (Å²) < 4.78 is 16.0. The lowest BCUT2D eigenvalue weighted by Crippen LogP contribution is -2.45. The first kappa shape index (κ1) is 30.0. The minimum Gasteiger partial charge on any atom is -0.493 e. The Morgan fingerprint density at radius 2 is 1.72 bits per heavy atom. The van der Waals surface area contributed by atoms with Gasteiger partial charge in [0, 0.05) is 37.4 Å². The number of hydrogen-bond donors (Lipinski definition) is 1. The number of benzene rings is 2. The molecule has 0 aliphatic heterocycles. The molecule has 0 radical (unpaired) electrons. The van der Waals surface area contributed by atoms with E-state index in [1.807, 2.05) is 59.7 Å². The van der Waals surface area contributed by atoms with Crippen molar-refractivity contribution in [3.05, 3.63) is 75.5 Å². The Morgan fingerprint density at radius 3 is 2.38 bits per heavy atom. The number of thiophene rings is 1. The zero-order valence-electron chi connectivity index (χ0n) is 23.5. The Hall–Kier alpha value is -3.56. The molecule has 1 N–H and O–H groups in total. The van der Waals surface area contributed by atoms with E-state index in [-0.39, 0.29) is 18.5 Å². The Morgan fingerprint density at radius 1 is 0.923 bits per heavy atom. The minimum atomic E-state index is -0.308. The van der Waals surface area contributed by atoms with Crippen molar-refractivity contribution in [2.45, 2.75) is 33.2 Å². The fourth-order valence-electron chi connectivity index (χ4n) is 4.17. The smallest absolute Gasteiger partial charge is 0.322 e. The molecule has 0 aliphatic rings. The van der Waals surface area contributed by atoms with Crippen LogP contribution in [0, 0.1) is 13.8 Å². The van der Waals surface area contributed by atoms with Gasteiger partial charge in [0.05, 0.1) is 20.8 Å². The maximum absolute atomic E-state index is 13.7. The molecule has 3 aromatic rings. The van der Waals surface area contributed by atoms with Gasteiger partial charge in [-0.3, -0.25) is 4.79 Å². The molecule has 0 spiro atoms. The maximum Gasteiger partial charge on any atom is 0.322 e. The van der Waals surface area contributed by atoms with Crippen molar-refractivity contribution in [3.8, 4) is 11.5 Å². The van der Waals surface area contributed by atoms with Crippen LogP contribution < -0.4 is 14.8 Å². The highest BCUT2D eigenvalue weighted by Crippen LogP contribution is 2.28. The summed E-state index contributed by atoms with van der Waals surface area (Å²) in [4.78, 5) is 31.5. The quantitative estimate of drug-likeness (QED) is 0.266. The van der Waals surface area contributed by atoms with Crippen molar-refractivity contribution in [1.82, 2.24) is 9.80 Å². The first-order chi connectivity index (χ1) is 18.8. The van der Waals surface area contributed by atoms with Crippen LogP contribution in [0.1, 0.15) is 28.0 Å². The van der Waals surface area contributed by atoms with Gasteiger partial charge in [-0.05, 0) is 79.1 Å². The van der Waals surface area contributed by atoms with Gasteiger partial charge in [-0.2, -0.15) is 0 Å². The number of amides is 3. The molecular formula is C30H39N3O5S. The summed E-state index contributed by atoms with van der Waals surface area (Å²) in [6, 6.07) is 15.1. The number of nitrogens with one attached hydrogen (secondary N) is 1. The van der Waals surface area contributed by atoms with Crippen molar-refractivity contribution in [2.75, 3.05) is 52.9 Å². The van der Waals surface area contributed by atoms with Crippen LogP contribution in [-0.4, -0.2) is 69.3 Å². The molecular weight excluding hydrogens is 514 g/mol. The summed E-state index contributed by atoms with van der Waals surface area (Å²) in [7, 11) is 4.84. The zero-order valence-corrected chi connectivity index (χ0v) is 24.3. The average Bonchev–Trinajstić information content (AvgIpc) is 3.34. The molecule has 1 heterocycles. The van der Waals surface area contributed by atoms with E-state index in [4.69, 9.17) is 14.2 Å². The van der Waals surface area contributed by atoms with Gasteiger partial charge in [-0.25, -0.2) is 4.79 Å².